The number of halogens is 1. The standard InChI is InChI=1S/C18H11FN2O2.C4H7NO/c19-16-13(18(22)23)7-8-14-15(16)17(21-20-14)12-6-5-10-3-1-2-4-11(10)9-12;5-4(6)3-1-2-3/h1-9H,(H,20,21)(H,22,23);3H,1-2H2,(H2,5,6). The number of nitrogens with two attached hydrogens (primary N) is 1. The highest BCUT2D eigenvalue weighted by molar-refractivity contribution is 6.00. The summed E-state index contributed by atoms with van der Waals surface area (Å²) in [5.41, 5.74) is 6.11. The van der Waals surface area contributed by atoms with Gasteiger partial charge < -0.3 is 10.8 Å². The number of rotatable bonds is 3. The first-order chi connectivity index (χ1) is 14.0. The van der Waals surface area contributed by atoms with E-state index >= 15 is 0 Å². The maximum absolute atomic E-state index is 14.6. The Morgan fingerprint density at radius 3 is 2.41 bits per heavy atom. The quantitative estimate of drug-likeness (QED) is 0.488. The second kappa shape index (κ2) is 7.35. The predicted octanol–water partition coefficient (Wildman–Crippen LogP) is 4.10. The first-order valence-corrected chi connectivity index (χ1v) is 9.14. The van der Waals surface area contributed by atoms with E-state index in [9.17, 15) is 14.0 Å². The third-order valence-corrected chi connectivity index (χ3v) is 4.90. The van der Waals surface area contributed by atoms with Crippen molar-refractivity contribution in [1.29, 1.82) is 0 Å². The maximum Gasteiger partial charge on any atom is 0.338 e. The van der Waals surface area contributed by atoms with Crippen molar-refractivity contribution in [2.75, 3.05) is 0 Å². The number of aromatic carboxylic acids is 1. The fourth-order valence-electron chi connectivity index (χ4n) is 3.15. The van der Waals surface area contributed by atoms with E-state index in [0.717, 1.165) is 29.2 Å². The van der Waals surface area contributed by atoms with Crippen LogP contribution >= 0.6 is 0 Å². The molecule has 0 radical (unpaired) electrons. The number of hydrogen-bond donors (Lipinski definition) is 3. The summed E-state index contributed by atoms with van der Waals surface area (Å²) in [7, 11) is 0. The van der Waals surface area contributed by atoms with Gasteiger partial charge >= 0.3 is 5.97 Å². The van der Waals surface area contributed by atoms with Gasteiger partial charge in [-0.05, 0) is 41.8 Å². The normalized spacial score (nSPS) is 13.1. The van der Waals surface area contributed by atoms with Crippen molar-refractivity contribution in [3.63, 3.8) is 0 Å². The molecule has 1 fully saturated rings. The van der Waals surface area contributed by atoms with Crippen molar-refractivity contribution in [2.45, 2.75) is 12.8 Å². The number of H-pyrrole nitrogens is 1. The first kappa shape index (κ1) is 18.6. The van der Waals surface area contributed by atoms with Crippen molar-refractivity contribution in [2.24, 2.45) is 11.7 Å². The second-order valence-electron chi connectivity index (χ2n) is 6.97. The van der Waals surface area contributed by atoms with Gasteiger partial charge in [-0.25, -0.2) is 9.18 Å². The molecule has 3 aromatic carbocycles. The van der Waals surface area contributed by atoms with Crippen LogP contribution in [0.1, 0.15) is 23.2 Å². The van der Waals surface area contributed by atoms with Crippen molar-refractivity contribution in [1.82, 2.24) is 10.2 Å². The van der Waals surface area contributed by atoms with Crippen molar-refractivity contribution in [3.05, 3.63) is 66.0 Å². The van der Waals surface area contributed by atoms with Crippen LogP contribution in [0.2, 0.25) is 0 Å². The van der Waals surface area contributed by atoms with Crippen LogP contribution < -0.4 is 5.73 Å². The van der Waals surface area contributed by atoms with Crippen LogP contribution in [0.25, 0.3) is 32.9 Å². The Balaban J connectivity index is 0.000000294. The third kappa shape index (κ3) is 3.67. The summed E-state index contributed by atoms with van der Waals surface area (Å²) < 4.78 is 14.6. The monoisotopic (exact) mass is 391 g/mol. The lowest BCUT2D eigenvalue weighted by Crippen LogP contribution is -2.11. The Kier molecular flexibility index (Phi) is 4.72. The fraction of sp³-hybridized carbons (Fsp3) is 0.136. The average Bonchev–Trinajstić information content (AvgIpc) is 3.48. The Bertz CT molecular complexity index is 1240. The zero-order valence-electron chi connectivity index (χ0n) is 15.4. The van der Waals surface area contributed by atoms with Crippen LogP contribution in [0.5, 0.6) is 0 Å². The largest absolute Gasteiger partial charge is 0.478 e. The summed E-state index contributed by atoms with van der Waals surface area (Å²) in [6.45, 7) is 0. The number of fused-ring (bicyclic) bond motifs is 2. The molecule has 1 amide bonds. The molecule has 1 aliphatic rings. The predicted molar refractivity (Wildman–Crippen MR) is 108 cm³/mol. The molecule has 0 saturated heterocycles. The molecular weight excluding hydrogens is 373 g/mol. The SMILES string of the molecule is NC(=O)C1CC1.O=C(O)c1ccc2[nH]nc(-c3ccc4ccccc4c3)c2c1F. The third-order valence-electron chi connectivity index (χ3n) is 4.90. The van der Waals surface area contributed by atoms with Crippen LogP contribution in [0.4, 0.5) is 4.39 Å². The van der Waals surface area contributed by atoms with Crippen LogP contribution in [0.3, 0.4) is 0 Å². The molecule has 6 nitrogen and oxygen atoms in total. The van der Waals surface area contributed by atoms with Crippen molar-refractivity contribution in [3.8, 4) is 11.3 Å². The molecule has 0 atom stereocenters. The minimum atomic E-state index is -1.30. The summed E-state index contributed by atoms with van der Waals surface area (Å²) in [4.78, 5) is 21.1. The van der Waals surface area contributed by atoms with E-state index in [1.807, 2.05) is 42.5 Å². The smallest absolute Gasteiger partial charge is 0.338 e. The van der Waals surface area contributed by atoms with Gasteiger partial charge in [0.15, 0.2) is 0 Å². The molecule has 0 spiro atoms. The maximum atomic E-state index is 14.6. The topological polar surface area (TPSA) is 109 Å². The number of primary amides is 1. The number of nitrogens with one attached hydrogen (secondary N) is 1. The average molecular weight is 391 g/mol. The molecule has 4 aromatic rings. The van der Waals surface area contributed by atoms with Gasteiger partial charge in [-0.15, -0.1) is 0 Å². The van der Waals surface area contributed by atoms with E-state index < -0.39 is 11.8 Å². The Labute approximate surface area is 165 Å². The summed E-state index contributed by atoms with van der Waals surface area (Å²) in [6.07, 6.45) is 2.05. The lowest BCUT2D eigenvalue weighted by molar-refractivity contribution is -0.119. The van der Waals surface area contributed by atoms with Crippen molar-refractivity contribution >= 4 is 33.6 Å². The van der Waals surface area contributed by atoms with E-state index in [2.05, 4.69) is 10.2 Å². The lowest BCUT2D eigenvalue weighted by atomic mass is 10.0. The van der Waals surface area contributed by atoms with Gasteiger partial charge in [0, 0.05) is 11.5 Å². The van der Waals surface area contributed by atoms with Gasteiger partial charge in [0.2, 0.25) is 5.91 Å². The van der Waals surface area contributed by atoms with Gasteiger partial charge in [-0.1, -0.05) is 36.4 Å². The molecular formula is C22H18FN3O3. The number of carboxylic acid groups (broad SMARTS) is 1. The fourth-order valence-corrected chi connectivity index (χ4v) is 3.15. The summed E-state index contributed by atoms with van der Waals surface area (Å²) in [5, 5.41) is 18.3. The number of aromatic nitrogens is 2. The summed E-state index contributed by atoms with van der Waals surface area (Å²) in [5.74, 6) is -1.96. The van der Waals surface area contributed by atoms with Crippen molar-refractivity contribution < 1.29 is 19.1 Å². The van der Waals surface area contributed by atoms with E-state index in [1.165, 1.54) is 12.1 Å². The lowest BCUT2D eigenvalue weighted by Gasteiger charge is -2.03. The Morgan fingerprint density at radius 2 is 1.79 bits per heavy atom. The number of amides is 1. The van der Waals surface area contributed by atoms with Gasteiger partial charge in [-0.3, -0.25) is 9.89 Å². The van der Waals surface area contributed by atoms with Gasteiger partial charge in [0.05, 0.1) is 16.5 Å². The molecule has 1 aromatic heterocycles. The van der Waals surface area contributed by atoms with E-state index in [1.54, 1.807) is 0 Å². The Morgan fingerprint density at radius 1 is 1.07 bits per heavy atom. The zero-order valence-corrected chi connectivity index (χ0v) is 15.4. The molecule has 1 aliphatic carbocycles. The van der Waals surface area contributed by atoms with E-state index in [4.69, 9.17) is 10.8 Å². The number of aromatic amines is 1. The molecule has 0 unspecified atom stereocenters. The second-order valence-corrected chi connectivity index (χ2v) is 6.97. The number of hydrogen-bond acceptors (Lipinski definition) is 3. The van der Waals surface area contributed by atoms with Crippen LogP contribution in [0.15, 0.2) is 54.6 Å². The number of nitrogens with zero attached hydrogens (tertiary/aromatic N) is 1. The minimum Gasteiger partial charge on any atom is -0.478 e. The number of carbonyl (C=O) groups is 2. The highest BCUT2D eigenvalue weighted by Gasteiger charge is 2.26. The molecule has 5 rings (SSSR count). The highest BCUT2D eigenvalue weighted by Crippen LogP contribution is 2.32. The van der Waals surface area contributed by atoms with Crippen LogP contribution in [-0.2, 0) is 4.79 Å². The molecule has 29 heavy (non-hydrogen) atoms. The van der Waals surface area contributed by atoms with E-state index in [0.29, 0.717) is 11.2 Å². The van der Waals surface area contributed by atoms with E-state index in [-0.39, 0.29) is 22.8 Å². The zero-order chi connectivity index (χ0) is 20.5. The summed E-state index contributed by atoms with van der Waals surface area (Å²) >= 11 is 0. The molecule has 0 bridgehead atoms. The van der Waals surface area contributed by atoms with Gasteiger partial charge in [-0.2, -0.15) is 5.10 Å². The number of carbonyl (C=O) groups excluding carboxylic acids is 1. The molecule has 0 aliphatic heterocycles. The van der Waals surface area contributed by atoms with Gasteiger partial charge in [0.1, 0.15) is 11.5 Å². The summed E-state index contributed by atoms with van der Waals surface area (Å²) in [6, 6.07) is 16.3. The molecule has 146 valence electrons. The molecule has 7 heteroatoms. The van der Waals surface area contributed by atoms with Gasteiger partial charge in [0.25, 0.3) is 0 Å². The number of carboxylic acids is 1. The molecule has 4 N–H and O–H groups in total. The molecule has 1 heterocycles. The first-order valence-electron chi connectivity index (χ1n) is 9.14. The van der Waals surface area contributed by atoms with Crippen LogP contribution in [-0.4, -0.2) is 27.2 Å². The van der Waals surface area contributed by atoms with Crippen LogP contribution in [0, 0.1) is 11.7 Å². The highest BCUT2D eigenvalue weighted by atomic mass is 19.1. The Hall–Kier alpha value is -3.74. The molecule has 1 saturated carbocycles. The number of benzene rings is 3. The minimum absolute atomic E-state index is 0.130.